The first kappa shape index (κ1) is 23.3. The molecule has 0 saturated heterocycles. The Morgan fingerprint density at radius 3 is 1.95 bits per heavy atom. The number of para-hydroxylation sites is 3. The van der Waals surface area contributed by atoms with Crippen LogP contribution in [0.25, 0.3) is 55.6 Å². The van der Waals surface area contributed by atoms with E-state index in [1.54, 1.807) is 0 Å². The van der Waals surface area contributed by atoms with Crippen LogP contribution in [0.1, 0.15) is 0 Å². The van der Waals surface area contributed by atoms with Gasteiger partial charge in [0.05, 0.1) is 11.1 Å². The van der Waals surface area contributed by atoms with Crippen molar-refractivity contribution in [1.29, 1.82) is 0 Å². The van der Waals surface area contributed by atoms with Crippen LogP contribution < -0.4 is 4.90 Å². The van der Waals surface area contributed by atoms with E-state index in [1.165, 1.54) is 0 Å². The van der Waals surface area contributed by atoms with Crippen LogP contribution in [0.3, 0.4) is 0 Å². The normalized spacial score (nSPS) is 11.4. The lowest BCUT2D eigenvalue weighted by molar-refractivity contribution is 0.620. The average Bonchev–Trinajstić information content (AvgIpc) is 3.65. The molecule has 6 aromatic carbocycles. The van der Waals surface area contributed by atoms with E-state index >= 15 is 0 Å². The Morgan fingerprint density at radius 1 is 0.463 bits per heavy atom. The maximum atomic E-state index is 6.22. The minimum absolute atomic E-state index is 0.625. The third-order valence-electron chi connectivity index (χ3n) is 7.51. The van der Waals surface area contributed by atoms with Crippen LogP contribution in [0.15, 0.2) is 154 Å². The fraction of sp³-hybridized carbons (Fsp3) is 0. The SMILES string of the molecule is c1ccc(-c2nc3c(-c4ccc(N(c5ccccc5)c5cccc6oc7ccccc7c56)cc4)cccc3o2)cc1. The number of hydrogen-bond acceptors (Lipinski definition) is 4. The number of aromatic nitrogens is 1. The quantitative estimate of drug-likeness (QED) is 0.223. The number of benzene rings is 6. The van der Waals surface area contributed by atoms with Crippen LogP contribution >= 0.6 is 0 Å². The maximum Gasteiger partial charge on any atom is 0.227 e. The first-order valence-corrected chi connectivity index (χ1v) is 13.6. The average molecular weight is 529 g/mol. The number of nitrogens with zero attached hydrogens (tertiary/aromatic N) is 2. The number of oxazole rings is 1. The van der Waals surface area contributed by atoms with E-state index in [9.17, 15) is 0 Å². The highest BCUT2D eigenvalue weighted by Crippen LogP contribution is 2.43. The molecule has 0 aliphatic rings. The van der Waals surface area contributed by atoms with E-state index in [1.807, 2.05) is 66.7 Å². The van der Waals surface area contributed by atoms with E-state index in [-0.39, 0.29) is 0 Å². The topological polar surface area (TPSA) is 42.4 Å². The Hall–Kier alpha value is -5.61. The van der Waals surface area contributed by atoms with Gasteiger partial charge in [0.25, 0.3) is 0 Å². The van der Waals surface area contributed by atoms with Gasteiger partial charge in [0.2, 0.25) is 5.89 Å². The highest BCUT2D eigenvalue weighted by molar-refractivity contribution is 6.13. The van der Waals surface area contributed by atoms with E-state index in [0.717, 1.165) is 66.8 Å². The molecule has 4 nitrogen and oxygen atoms in total. The van der Waals surface area contributed by atoms with Gasteiger partial charge in [-0.25, -0.2) is 4.98 Å². The summed E-state index contributed by atoms with van der Waals surface area (Å²) in [7, 11) is 0. The first-order valence-electron chi connectivity index (χ1n) is 13.6. The van der Waals surface area contributed by atoms with E-state index in [0.29, 0.717) is 5.89 Å². The molecule has 194 valence electrons. The van der Waals surface area contributed by atoms with E-state index in [4.69, 9.17) is 13.8 Å². The molecule has 2 heterocycles. The molecular formula is C37H24N2O2. The summed E-state index contributed by atoms with van der Waals surface area (Å²) in [5.41, 5.74) is 9.65. The summed E-state index contributed by atoms with van der Waals surface area (Å²) >= 11 is 0. The van der Waals surface area contributed by atoms with Gasteiger partial charge in [-0.05, 0) is 66.2 Å². The van der Waals surface area contributed by atoms with Crippen molar-refractivity contribution >= 4 is 50.1 Å². The molecule has 0 aliphatic heterocycles. The van der Waals surface area contributed by atoms with E-state index < -0.39 is 0 Å². The van der Waals surface area contributed by atoms with Crippen LogP contribution in [-0.4, -0.2) is 4.98 Å². The smallest absolute Gasteiger partial charge is 0.227 e. The van der Waals surface area contributed by atoms with Gasteiger partial charge >= 0.3 is 0 Å². The van der Waals surface area contributed by atoms with Crippen LogP contribution in [0, 0.1) is 0 Å². The zero-order valence-corrected chi connectivity index (χ0v) is 22.1. The minimum Gasteiger partial charge on any atom is -0.456 e. The van der Waals surface area contributed by atoms with Gasteiger partial charge in [-0.1, -0.05) is 84.9 Å². The molecule has 0 unspecified atom stereocenters. The van der Waals surface area contributed by atoms with E-state index in [2.05, 4.69) is 83.8 Å². The third kappa shape index (κ3) is 3.97. The van der Waals surface area contributed by atoms with Crippen molar-refractivity contribution in [2.75, 3.05) is 4.90 Å². The molecule has 0 bridgehead atoms. The van der Waals surface area contributed by atoms with Crippen LogP contribution in [-0.2, 0) is 0 Å². The van der Waals surface area contributed by atoms with Crippen molar-refractivity contribution in [2.24, 2.45) is 0 Å². The minimum atomic E-state index is 0.625. The monoisotopic (exact) mass is 528 g/mol. The molecule has 0 saturated carbocycles. The Kier molecular flexibility index (Phi) is 5.42. The van der Waals surface area contributed by atoms with Crippen LogP contribution in [0.5, 0.6) is 0 Å². The molecule has 0 N–H and O–H groups in total. The summed E-state index contributed by atoms with van der Waals surface area (Å²) in [6, 6.07) is 49.7. The fourth-order valence-electron chi connectivity index (χ4n) is 5.62. The molecule has 0 radical (unpaired) electrons. The van der Waals surface area contributed by atoms with Crippen molar-refractivity contribution in [3.05, 3.63) is 146 Å². The number of hydrogen-bond donors (Lipinski definition) is 0. The lowest BCUT2D eigenvalue weighted by atomic mass is 10.0. The van der Waals surface area contributed by atoms with Crippen LogP contribution in [0.2, 0.25) is 0 Å². The predicted octanol–water partition coefficient (Wildman–Crippen LogP) is 10.5. The molecule has 41 heavy (non-hydrogen) atoms. The summed E-state index contributed by atoms with van der Waals surface area (Å²) in [6.45, 7) is 0. The molecule has 0 fully saturated rings. The second kappa shape index (κ2) is 9.54. The number of fused-ring (bicyclic) bond motifs is 4. The highest BCUT2D eigenvalue weighted by Gasteiger charge is 2.19. The zero-order valence-electron chi connectivity index (χ0n) is 22.1. The van der Waals surface area contributed by atoms with Crippen molar-refractivity contribution in [3.8, 4) is 22.6 Å². The van der Waals surface area contributed by atoms with Gasteiger partial charge in [0.15, 0.2) is 5.58 Å². The van der Waals surface area contributed by atoms with Gasteiger partial charge in [-0.2, -0.15) is 0 Å². The maximum absolute atomic E-state index is 6.22. The molecule has 2 aromatic heterocycles. The largest absolute Gasteiger partial charge is 0.456 e. The highest BCUT2D eigenvalue weighted by atomic mass is 16.3. The Morgan fingerprint density at radius 2 is 1.12 bits per heavy atom. The summed E-state index contributed by atoms with van der Waals surface area (Å²) in [5, 5.41) is 2.19. The predicted molar refractivity (Wildman–Crippen MR) is 167 cm³/mol. The van der Waals surface area contributed by atoms with Crippen molar-refractivity contribution in [3.63, 3.8) is 0 Å². The summed E-state index contributed by atoms with van der Waals surface area (Å²) < 4.78 is 12.4. The lowest BCUT2D eigenvalue weighted by Gasteiger charge is -2.26. The fourth-order valence-corrected chi connectivity index (χ4v) is 5.62. The van der Waals surface area contributed by atoms with Crippen molar-refractivity contribution in [1.82, 2.24) is 4.98 Å². The number of furan rings is 1. The van der Waals surface area contributed by atoms with Gasteiger partial charge in [-0.3, -0.25) is 0 Å². The Balaban J connectivity index is 1.26. The van der Waals surface area contributed by atoms with Gasteiger partial charge in [0.1, 0.15) is 16.7 Å². The zero-order chi connectivity index (χ0) is 27.2. The van der Waals surface area contributed by atoms with Gasteiger partial charge < -0.3 is 13.7 Å². The lowest BCUT2D eigenvalue weighted by Crippen LogP contribution is -2.10. The first-order chi connectivity index (χ1) is 20.3. The van der Waals surface area contributed by atoms with Crippen LogP contribution in [0.4, 0.5) is 17.1 Å². The standard InChI is InChI=1S/C37H24N2O2/c1-3-11-26(12-4-1)37-38-36-29(16-9-20-34(36)41-37)25-21-23-28(24-22-25)39(27-13-5-2-6-14-27)31-17-10-19-33-35(31)30-15-7-8-18-32(30)40-33/h1-24H. The summed E-state index contributed by atoms with van der Waals surface area (Å²) in [4.78, 5) is 7.17. The third-order valence-corrected chi connectivity index (χ3v) is 7.51. The molecule has 0 spiro atoms. The van der Waals surface area contributed by atoms with Crippen molar-refractivity contribution in [2.45, 2.75) is 0 Å². The molecule has 8 aromatic rings. The molecule has 8 rings (SSSR count). The molecule has 0 aliphatic carbocycles. The second-order valence-electron chi connectivity index (χ2n) is 10.0. The summed E-state index contributed by atoms with van der Waals surface area (Å²) in [6.07, 6.45) is 0. The Labute approximate surface area is 236 Å². The molecule has 4 heteroatoms. The molecular weight excluding hydrogens is 504 g/mol. The van der Waals surface area contributed by atoms with Gasteiger partial charge in [0, 0.05) is 27.9 Å². The molecule has 0 amide bonds. The number of rotatable bonds is 5. The van der Waals surface area contributed by atoms with Crippen molar-refractivity contribution < 1.29 is 8.83 Å². The number of anilines is 3. The Bertz CT molecular complexity index is 2140. The van der Waals surface area contributed by atoms with Gasteiger partial charge in [-0.15, -0.1) is 0 Å². The summed E-state index contributed by atoms with van der Waals surface area (Å²) in [5.74, 6) is 0.625. The second-order valence-corrected chi connectivity index (χ2v) is 10.0. The molecule has 0 atom stereocenters.